The molecule has 0 aliphatic carbocycles. The molecule has 6 heteroatoms. The minimum Gasteiger partial charge on any atom is -0.356 e. The van der Waals surface area contributed by atoms with E-state index in [1.54, 1.807) is 4.90 Å². The third-order valence-corrected chi connectivity index (χ3v) is 3.15. The fourth-order valence-corrected chi connectivity index (χ4v) is 2.28. The Kier molecular flexibility index (Phi) is 3.55. The fourth-order valence-electron chi connectivity index (χ4n) is 2.28. The summed E-state index contributed by atoms with van der Waals surface area (Å²) in [6.07, 6.45) is 3.28. The largest absolute Gasteiger partial charge is 0.356 e. The van der Waals surface area contributed by atoms with Gasteiger partial charge in [-0.3, -0.25) is 10.1 Å². The van der Waals surface area contributed by atoms with Gasteiger partial charge in [-0.15, -0.1) is 0 Å². The molecule has 1 aromatic carbocycles. The first-order chi connectivity index (χ1) is 8.63. The maximum Gasteiger partial charge on any atom is 0.295 e. The van der Waals surface area contributed by atoms with Gasteiger partial charge in [0.15, 0.2) is 0 Å². The van der Waals surface area contributed by atoms with Gasteiger partial charge in [-0.05, 0) is 31.4 Å². The zero-order valence-corrected chi connectivity index (χ0v) is 9.71. The topological polar surface area (TPSA) is 63.5 Å². The van der Waals surface area contributed by atoms with Crippen molar-refractivity contribution in [1.82, 2.24) is 0 Å². The third-order valence-electron chi connectivity index (χ3n) is 3.15. The molecule has 0 radical (unpaired) electrons. The maximum atomic E-state index is 13.1. The van der Waals surface area contributed by atoms with Gasteiger partial charge in [0.25, 0.3) is 5.69 Å². The number of nitro groups is 1. The second-order valence-corrected chi connectivity index (χ2v) is 4.28. The summed E-state index contributed by atoms with van der Waals surface area (Å²) >= 11 is 0. The predicted molar refractivity (Wildman–Crippen MR) is 64.1 cm³/mol. The van der Waals surface area contributed by atoms with Crippen LogP contribution in [0.5, 0.6) is 0 Å². The van der Waals surface area contributed by atoms with E-state index in [0.717, 1.165) is 25.2 Å². The van der Waals surface area contributed by atoms with Gasteiger partial charge in [0.1, 0.15) is 17.8 Å². The van der Waals surface area contributed by atoms with E-state index < -0.39 is 10.7 Å². The minimum atomic E-state index is -0.648. The molecule has 5 nitrogen and oxygen atoms in total. The van der Waals surface area contributed by atoms with Crippen LogP contribution in [0.3, 0.4) is 0 Å². The maximum absolute atomic E-state index is 13.1. The minimum absolute atomic E-state index is 0.288. The zero-order valence-electron chi connectivity index (χ0n) is 9.71. The molecule has 0 aromatic heterocycles. The van der Waals surface area contributed by atoms with E-state index in [4.69, 9.17) is 0 Å². The van der Waals surface area contributed by atoms with Gasteiger partial charge in [-0.1, -0.05) is 0 Å². The molecule has 0 saturated carbocycles. The highest BCUT2D eigenvalue weighted by atomic mass is 19.1. The van der Waals surface area contributed by atoms with Gasteiger partial charge in [0, 0.05) is 6.54 Å². The number of aldehydes is 1. The summed E-state index contributed by atoms with van der Waals surface area (Å²) in [7, 11) is 0. The first kappa shape index (κ1) is 12.5. The average molecular weight is 252 g/mol. The number of halogens is 1. The molecular weight excluding hydrogens is 239 g/mol. The molecule has 96 valence electrons. The molecule has 1 saturated heterocycles. The summed E-state index contributed by atoms with van der Waals surface area (Å²) in [6, 6.07) is 3.09. The van der Waals surface area contributed by atoms with E-state index in [1.807, 2.05) is 0 Å². The molecule has 1 atom stereocenters. The van der Waals surface area contributed by atoms with Crippen molar-refractivity contribution >= 4 is 17.7 Å². The molecule has 1 fully saturated rings. The van der Waals surface area contributed by atoms with E-state index in [0.29, 0.717) is 18.7 Å². The number of hydrogen-bond donors (Lipinski definition) is 0. The lowest BCUT2D eigenvalue weighted by atomic mass is 10.0. The van der Waals surface area contributed by atoms with Crippen molar-refractivity contribution < 1.29 is 14.1 Å². The molecule has 0 spiro atoms. The summed E-state index contributed by atoms with van der Waals surface area (Å²) in [5.41, 5.74) is 0.0296. The zero-order chi connectivity index (χ0) is 13.1. The van der Waals surface area contributed by atoms with E-state index >= 15 is 0 Å². The summed E-state index contributed by atoms with van der Waals surface area (Å²) in [6.45, 7) is 0.579. The highest BCUT2D eigenvalue weighted by Crippen LogP contribution is 2.32. The molecule has 1 heterocycles. The number of carbonyl (C=O) groups excluding carboxylic acids is 1. The number of carbonyl (C=O) groups is 1. The smallest absolute Gasteiger partial charge is 0.295 e. The molecule has 1 aliphatic heterocycles. The monoisotopic (exact) mass is 252 g/mol. The van der Waals surface area contributed by atoms with Crippen LogP contribution in [0.2, 0.25) is 0 Å². The SMILES string of the molecule is O=CC1CCCCN1c1ccc(F)cc1[N+](=O)[O-]. The number of anilines is 1. The van der Waals surface area contributed by atoms with E-state index in [9.17, 15) is 19.3 Å². The van der Waals surface area contributed by atoms with Crippen molar-refractivity contribution in [3.63, 3.8) is 0 Å². The van der Waals surface area contributed by atoms with Crippen LogP contribution < -0.4 is 4.90 Å². The highest BCUT2D eigenvalue weighted by Gasteiger charge is 2.27. The Labute approximate surface area is 103 Å². The molecule has 18 heavy (non-hydrogen) atoms. The quantitative estimate of drug-likeness (QED) is 0.470. The summed E-state index contributed by atoms with van der Waals surface area (Å²) in [5, 5.41) is 10.9. The molecule has 0 amide bonds. The Hall–Kier alpha value is -1.98. The van der Waals surface area contributed by atoms with Crippen LogP contribution in [0.1, 0.15) is 19.3 Å². The fraction of sp³-hybridized carbons (Fsp3) is 0.417. The standard InChI is InChI=1S/C12H13FN2O3/c13-9-4-5-11(12(7-9)15(17)18)14-6-2-1-3-10(14)8-16/h4-5,7-8,10H,1-3,6H2. The molecule has 0 bridgehead atoms. The number of piperidine rings is 1. The van der Waals surface area contributed by atoms with Gasteiger partial charge in [0.05, 0.1) is 17.0 Å². The Morgan fingerprint density at radius 1 is 1.44 bits per heavy atom. The summed E-state index contributed by atoms with van der Waals surface area (Å²) < 4.78 is 13.1. The van der Waals surface area contributed by atoms with Gasteiger partial charge < -0.3 is 9.69 Å². The first-order valence-corrected chi connectivity index (χ1v) is 5.79. The van der Waals surface area contributed by atoms with Crippen LogP contribution in [0.4, 0.5) is 15.8 Å². The van der Waals surface area contributed by atoms with Crippen LogP contribution in [0.15, 0.2) is 18.2 Å². The van der Waals surface area contributed by atoms with Crippen molar-refractivity contribution in [3.05, 3.63) is 34.1 Å². The molecule has 1 aliphatic rings. The first-order valence-electron chi connectivity index (χ1n) is 5.79. The Morgan fingerprint density at radius 2 is 2.22 bits per heavy atom. The van der Waals surface area contributed by atoms with Gasteiger partial charge in [-0.25, -0.2) is 4.39 Å². The summed E-state index contributed by atoms with van der Waals surface area (Å²) in [5.74, 6) is -0.648. The van der Waals surface area contributed by atoms with Gasteiger partial charge >= 0.3 is 0 Å². The van der Waals surface area contributed by atoms with Crippen molar-refractivity contribution in [1.29, 1.82) is 0 Å². The van der Waals surface area contributed by atoms with Crippen LogP contribution in [-0.2, 0) is 4.79 Å². The predicted octanol–water partition coefficient (Wildman–Crippen LogP) is 2.29. The Bertz CT molecular complexity index is 478. The molecular formula is C12H13FN2O3. The van der Waals surface area contributed by atoms with Gasteiger partial charge in [0.2, 0.25) is 0 Å². The number of nitro benzene ring substituents is 1. The number of nitrogens with zero attached hydrogens (tertiary/aromatic N) is 2. The van der Waals surface area contributed by atoms with Gasteiger partial charge in [-0.2, -0.15) is 0 Å². The molecule has 1 unspecified atom stereocenters. The molecule has 0 N–H and O–H groups in total. The molecule has 2 rings (SSSR count). The van der Waals surface area contributed by atoms with E-state index in [-0.39, 0.29) is 11.7 Å². The van der Waals surface area contributed by atoms with Crippen LogP contribution in [0.25, 0.3) is 0 Å². The Morgan fingerprint density at radius 3 is 2.89 bits per heavy atom. The lowest BCUT2D eigenvalue weighted by Gasteiger charge is -2.33. The van der Waals surface area contributed by atoms with E-state index in [1.165, 1.54) is 12.1 Å². The van der Waals surface area contributed by atoms with Crippen molar-refractivity contribution in [2.24, 2.45) is 0 Å². The molecule has 1 aromatic rings. The number of rotatable bonds is 3. The van der Waals surface area contributed by atoms with Crippen LogP contribution >= 0.6 is 0 Å². The number of benzene rings is 1. The van der Waals surface area contributed by atoms with Crippen LogP contribution in [-0.4, -0.2) is 23.8 Å². The van der Waals surface area contributed by atoms with Crippen molar-refractivity contribution in [3.8, 4) is 0 Å². The Balaban J connectivity index is 2.42. The lowest BCUT2D eigenvalue weighted by molar-refractivity contribution is -0.384. The summed E-state index contributed by atoms with van der Waals surface area (Å²) in [4.78, 5) is 23.0. The van der Waals surface area contributed by atoms with Crippen molar-refractivity contribution in [2.45, 2.75) is 25.3 Å². The second kappa shape index (κ2) is 5.12. The van der Waals surface area contributed by atoms with Crippen LogP contribution in [0, 0.1) is 15.9 Å². The third kappa shape index (κ3) is 2.32. The lowest BCUT2D eigenvalue weighted by Crippen LogP contribution is -2.40. The second-order valence-electron chi connectivity index (χ2n) is 4.28. The normalized spacial score (nSPS) is 19.6. The van der Waals surface area contributed by atoms with E-state index in [2.05, 4.69) is 0 Å². The number of hydrogen-bond acceptors (Lipinski definition) is 4. The average Bonchev–Trinajstić information content (AvgIpc) is 2.38. The van der Waals surface area contributed by atoms with Crippen molar-refractivity contribution in [2.75, 3.05) is 11.4 Å². The highest BCUT2D eigenvalue weighted by molar-refractivity contribution is 5.72.